The van der Waals surface area contributed by atoms with E-state index in [0.717, 1.165) is 18.6 Å². The van der Waals surface area contributed by atoms with Crippen molar-refractivity contribution in [3.05, 3.63) is 24.3 Å². The number of hydrogen-bond acceptors (Lipinski definition) is 3. The van der Waals surface area contributed by atoms with Crippen molar-refractivity contribution < 1.29 is 14.3 Å². The molecule has 4 heteroatoms. The van der Waals surface area contributed by atoms with E-state index in [2.05, 4.69) is 12.2 Å². The van der Waals surface area contributed by atoms with Gasteiger partial charge in [0.05, 0.1) is 6.61 Å². The first kappa shape index (κ1) is 15.7. The van der Waals surface area contributed by atoms with Crippen molar-refractivity contribution in [2.45, 2.75) is 45.6 Å². The first-order valence-electron chi connectivity index (χ1n) is 7.82. The van der Waals surface area contributed by atoms with Gasteiger partial charge in [-0.25, -0.2) is 0 Å². The maximum absolute atomic E-state index is 11.9. The van der Waals surface area contributed by atoms with Gasteiger partial charge >= 0.3 is 0 Å². The molecule has 0 heterocycles. The van der Waals surface area contributed by atoms with Gasteiger partial charge in [-0.1, -0.05) is 19.8 Å². The van der Waals surface area contributed by atoms with Crippen LogP contribution in [0.25, 0.3) is 0 Å². The molecule has 1 N–H and O–H groups in total. The molecule has 4 nitrogen and oxygen atoms in total. The number of ether oxygens (including phenoxy) is 2. The molecule has 1 aromatic rings. The number of amides is 1. The molecule has 21 heavy (non-hydrogen) atoms. The number of benzene rings is 1. The van der Waals surface area contributed by atoms with Gasteiger partial charge in [-0.05, 0) is 49.9 Å². The highest BCUT2D eigenvalue weighted by Crippen LogP contribution is 2.23. The second-order valence-corrected chi connectivity index (χ2v) is 5.73. The van der Waals surface area contributed by atoms with Crippen molar-refractivity contribution in [2.24, 2.45) is 5.92 Å². The Morgan fingerprint density at radius 1 is 1.19 bits per heavy atom. The molecular formula is C17H25NO3. The molecule has 0 bridgehead atoms. The molecule has 0 aromatic heterocycles. The lowest BCUT2D eigenvalue weighted by atomic mass is 9.87. The van der Waals surface area contributed by atoms with Crippen molar-refractivity contribution in [3.63, 3.8) is 0 Å². The van der Waals surface area contributed by atoms with Crippen molar-refractivity contribution in [1.29, 1.82) is 0 Å². The highest BCUT2D eigenvalue weighted by atomic mass is 16.5. The first-order valence-corrected chi connectivity index (χ1v) is 7.82. The average Bonchev–Trinajstić information content (AvgIpc) is 2.47. The van der Waals surface area contributed by atoms with Crippen molar-refractivity contribution in [2.75, 3.05) is 13.2 Å². The zero-order valence-electron chi connectivity index (χ0n) is 12.9. The zero-order valence-corrected chi connectivity index (χ0v) is 12.9. The van der Waals surface area contributed by atoms with Crippen molar-refractivity contribution in [1.82, 2.24) is 5.32 Å². The minimum Gasteiger partial charge on any atom is -0.494 e. The van der Waals surface area contributed by atoms with E-state index >= 15 is 0 Å². The molecular weight excluding hydrogens is 266 g/mol. The number of carbonyl (C=O) groups is 1. The van der Waals surface area contributed by atoms with E-state index in [9.17, 15) is 4.79 Å². The Bertz CT molecular complexity index is 444. The largest absolute Gasteiger partial charge is 0.494 e. The highest BCUT2D eigenvalue weighted by Gasteiger charge is 2.20. The Kier molecular flexibility index (Phi) is 5.90. The molecule has 0 saturated heterocycles. The van der Waals surface area contributed by atoms with Crippen LogP contribution < -0.4 is 14.8 Å². The van der Waals surface area contributed by atoms with Crippen LogP contribution >= 0.6 is 0 Å². The smallest absolute Gasteiger partial charge is 0.258 e. The predicted molar refractivity (Wildman–Crippen MR) is 82.7 cm³/mol. The summed E-state index contributed by atoms with van der Waals surface area (Å²) in [6.45, 7) is 4.90. The highest BCUT2D eigenvalue weighted by molar-refractivity contribution is 5.77. The Morgan fingerprint density at radius 2 is 1.86 bits per heavy atom. The van der Waals surface area contributed by atoms with Gasteiger partial charge in [0.1, 0.15) is 11.5 Å². The number of nitrogens with one attached hydrogen (secondary N) is 1. The molecule has 2 rings (SSSR count). The van der Waals surface area contributed by atoms with Crippen LogP contribution in [-0.2, 0) is 4.79 Å². The molecule has 1 aliphatic rings. The molecule has 1 aliphatic carbocycles. The monoisotopic (exact) mass is 291 g/mol. The van der Waals surface area contributed by atoms with Crippen LogP contribution in [0.1, 0.15) is 39.5 Å². The molecule has 2 atom stereocenters. The first-order chi connectivity index (χ1) is 10.2. The summed E-state index contributed by atoms with van der Waals surface area (Å²) in [5.74, 6) is 2.16. The molecule has 1 aromatic carbocycles. The summed E-state index contributed by atoms with van der Waals surface area (Å²) < 4.78 is 10.9. The van der Waals surface area contributed by atoms with Gasteiger partial charge in [0.15, 0.2) is 6.61 Å². The summed E-state index contributed by atoms with van der Waals surface area (Å²) in [6, 6.07) is 7.64. The Balaban J connectivity index is 1.73. The molecule has 0 aliphatic heterocycles. The second-order valence-electron chi connectivity index (χ2n) is 5.73. The summed E-state index contributed by atoms with van der Waals surface area (Å²) in [4.78, 5) is 11.9. The molecule has 2 unspecified atom stereocenters. The molecule has 116 valence electrons. The molecule has 1 saturated carbocycles. The maximum Gasteiger partial charge on any atom is 0.258 e. The van der Waals surface area contributed by atoms with Gasteiger partial charge in [0, 0.05) is 6.04 Å². The van der Waals surface area contributed by atoms with Crippen LogP contribution in [0.15, 0.2) is 24.3 Å². The van der Waals surface area contributed by atoms with Gasteiger partial charge in [-0.3, -0.25) is 4.79 Å². The number of rotatable bonds is 6. The van der Waals surface area contributed by atoms with Crippen molar-refractivity contribution in [3.8, 4) is 11.5 Å². The Hall–Kier alpha value is -1.71. The topological polar surface area (TPSA) is 47.6 Å². The van der Waals surface area contributed by atoms with E-state index in [4.69, 9.17) is 9.47 Å². The molecule has 1 amide bonds. The van der Waals surface area contributed by atoms with E-state index in [1.165, 1.54) is 12.8 Å². The second kappa shape index (κ2) is 7.91. The van der Waals surface area contributed by atoms with Gasteiger partial charge in [-0.15, -0.1) is 0 Å². The van der Waals surface area contributed by atoms with Crippen LogP contribution in [0.5, 0.6) is 11.5 Å². The third-order valence-electron chi connectivity index (χ3n) is 3.81. The lowest BCUT2D eigenvalue weighted by Gasteiger charge is -2.27. The lowest BCUT2D eigenvalue weighted by molar-refractivity contribution is -0.124. The summed E-state index contributed by atoms with van der Waals surface area (Å²) >= 11 is 0. The van der Waals surface area contributed by atoms with Crippen LogP contribution in [0, 0.1) is 5.92 Å². The van der Waals surface area contributed by atoms with Gasteiger partial charge in [0.25, 0.3) is 5.91 Å². The Morgan fingerprint density at radius 3 is 2.48 bits per heavy atom. The fraction of sp³-hybridized carbons (Fsp3) is 0.588. The lowest BCUT2D eigenvalue weighted by Crippen LogP contribution is -2.40. The third-order valence-corrected chi connectivity index (χ3v) is 3.81. The fourth-order valence-corrected chi connectivity index (χ4v) is 2.78. The van der Waals surface area contributed by atoms with E-state index in [1.807, 2.05) is 31.2 Å². The normalized spacial score (nSPS) is 21.6. The SMILES string of the molecule is CCOc1ccc(OCC(=O)NC2CCCC(C)C2)cc1. The van der Waals surface area contributed by atoms with Crippen LogP contribution in [0.3, 0.4) is 0 Å². The maximum atomic E-state index is 11.9. The Labute approximate surface area is 126 Å². The van der Waals surface area contributed by atoms with Crippen LogP contribution in [0.4, 0.5) is 0 Å². The molecule has 0 spiro atoms. The average molecular weight is 291 g/mol. The molecule has 0 radical (unpaired) electrons. The summed E-state index contributed by atoms with van der Waals surface area (Å²) in [6.07, 6.45) is 4.63. The minimum absolute atomic E-state index is 0.0389. The summed E-state index contributed by atoms with van der Waals surface area (Å²) in [5.41, 5.74) is 0. The predicted octanol–water partition coefficient (Wildman–Crippen LogP) is 3.16. The zero-order chi connectivity index (χ0) is 15.1. The van der Waals surface area contributed by atoms with Crippen LogP contribution in [-0.4, -0.2) is 25.2 Å². The minimum atomic E-state index is -0.0389. The quantitative estimate of drug-likeness (QED) is 0.876. The van der Waals surface area contributed by atoms with Crippen molar-refractivity contribution >= 4 is 5.91 Å². The van der Waals surface area contributed by atoms with Gasteiger partial charge in [-0.2, -0.15) is 0 Å². The summed E-state index contributed by atoms with van der Waals surface area (Å²) in [7, 11) is 0. The summed E-state index contributed by atoms with van der Waals surface area (Å²) in [5, 5.41) is 3.06. The van der Waals surface area contributed by atoms with E-state index in [1.54, 1.807) is 0 Å². The number of hydrogen-bond donors (Lipinski definition) is 1. The van der Waals surface area contributed by atoms with E-state index in [-0.39, 0.29) is 12.5 Å². The van der Waals surface area contributed by atoms with Crippen LogP contribution in [0.2, 0.25) is 0 Å². The number of carbonyl (C=O) groups excluding carboxylic acids is 1. The fourth-order valence-electron chi connectivity index (χ4n) is 2.78. The molecule has 1 fully saturated rings. The van der Waals surface area contributed by atoms with Gasteiger partial charge in [0.2, 0.25) is 0 Å². The standard InChI is InChI=1S/C17H25NO3/c1-3-20-15-7-9-16(10-8-15)21-12-17(19)18-14-6-4-5-13(2)11-14/h7-10,13-14H,3-6,11-12H2,1-2H3,(H,18,19). The van der Waals surface area contributed by atoms with E-state index in [0.29, 0.717) is 24.3 Å². The van der Waals surface area contributed by atoms with Gasteiger partial charge < -0.3 is 14.8 Å². The van der Waals surface area contributed by atoms with E-state index < -0.39 is 0 Å². The third kappa shape index (κ3) is 5.29.